The van der Waals surface area contributed by atoms with E-state index in [0.29, 0.717) is 12.3 Å². The maximum absolute atomic E-state index is 12.3. The summed E-state index contributed by atoms with van der Waals surface area (Å²) in [6, 6.07) is 3.78. The third kappa shape index (κ3) is 5.59. The number of unbranched alkanes of at least 4 members (excludes halogenated alkanes) is 1. The fourth-order valence-electron chi connectivity index (χ4n) is 3.20. The van der Waals surface area contributed by atoms with Crippen LogP contribution in [0.25, 0.3) is 0 Å². The average Bonchev–Trinajstić information content (AvgIpc) is 3.13. The lowest BCUT2D eigenvalue weighted by atomic mass is 10.1. The Kier molecular flexibility index (Phi) is 7.14. The summed E-state index contributed by atoms with van der Waals surface area (Å²) >= 11 is 0. The van der Waals surface area contributed by atoms with E-state index in [1.165, 1.54) is 25.0 Å². The first-order chi connectivity index (χ1) is 11.8. The fourth-order valence-corrected chi connectivity index (χ4v) is 6.23. The van der Waals surface area contributed by atoms with E-state index >= 15 is 0 Å². The molecule has 4 nitrogen and oxygen atoms in total. The lowest BCUT2D eigenvalue weighted by Crippen LogP contribution is -2.41. The van der Waals surface area contributed by atoms with Gasteiger partial charge in [0, 0.05) is 55.7 Å². The second kappa shape index (κ2) is 9.56. The maximum Gasteiger partial charge on any atom is 0.222 e. The highest BCUT2D eigenvalue weighted by molar-refractivity contribution is 8.77. The molecule has 3 rings (SSSR count). The van der Waals surface area contributed by atoms with Gasteiger partial charge in [-0.1, -0.05) is 28.0 Å². The number of nitrogens with zero attached hydrogens (tertiary/aromatic N) is 2. The van der Waals surface area contributed by atoms with Crippen LogP contribution in [0.2, 0.25) is 0 Å². The first kappa shape index (κ1) is 17.9. The summed E-state index contributed by atoms with van der Waals surface area (Å²) < 4.78 is 5.96. The summed E-state index contributed by atoms with van der Waals surface area (Å²) in [6.07, 6.45) is 11.1. The van der Waals surface area contributed by atoms with Gasteiger partial charge in [0.15, 0.2) is 0 Å². The molecule has 6 heteroatoms. The monoisotopic (exact) mass is 366 g/mol. The summed E-state index contributed by atoms with van der Waals surface area (Å²) in [4.78, 5) is 18.3. The Balaban J connectivity index is 1.30. The number of aromatic nitrogens is 1. The Morgan fingerprint density at radius 3 is 2.71 bits per heavy atom. The van der Waals surface area contributed by atoms with Gasteiger partial charge in [-0.25, -0.2) is 0 Å². The van der Waals surface area contributed by atoms with Crippen LogP contribution in [0.3, 0.4) is 0 Å². The molecule has 0 bridgehead atoms. The number of likely N-dealkylation sites (tertiary alicyclic amines) is 1. The van der Waals surface area contributed by atoms with Crippen molar-refractivity contribution >= 4 is 27.5 Å². The van der Waals surface area contributed by atoms with E-state index in [2.05, 4.69) is 4.98 Å². The van der Waals surface area contributed by atoms with Gasteiger partial charge in [-0.15, -0.1) is 0 Å². The second-order valence-electron chi connectivity index (χ2n) is 6.46. The summed E-state index contributed by atoms with van der Waals surface area (Å²) in [6.45, 7) is 1.65. The van der Waals surface area contributed by atoms with Crippen molar-refractivity contribution in [3.05, 3.63) is 24.5 Å². The van der Waals surface area contributed by atoms with Crippen molar-refractivity contribution in [1.29, 1.82) is 0 Å². The van der Waals surface area contributed by atoms with Crippen molar-refractivity contribution in [2.45, 2.75) is 56.3 Å². The Labute approximate surface area is 152 Å². The Bertz CT molecular complexity index is 501. The molecule has 2 fully saturated rings. The standard InChI is InChI=1S/C18H26N2O2S2/c21-18(4-2-1-3-17-9-14-23-24-17)20-12-7-16(8-13-20)22-15-5-10-19-11-6-15/h5-6,10-11,16-17H,1-4,7-9,12-14H2. The molecule has 1 aromatic heterocycles. The number of carbonyl (C=O) groups is 1. The summed E-state index contributed by atoms with van der Waals surface area (Å²) in [5.74, 6) is 2.49. The molecule has 0 spiro atoms. The van der Waals surface area contributed by atoms with Gasteiger partial charge >= 0.3 is 0 Å². The highest BCUT2D eigenvalue weighted by Gasteiger charge is 2.23. The summed E-state index contributed by atoms with van der Waals surface area (Å²) in [7, 11) is 4.03. The van der Waals surface area contributed by atoms with Gasteiger partial charge < -0.3 is 9.64 Å². The van der Waals surface area contributed by atoms with Gasteiger partial charge in [-0.3, -0.25) is 9.78 Å². The molecular formula is C18H26N2O2S2. The number of hydrogen-bond donors (Lipinski definition) is 0. The zero-order chi connectivity index (χ0) is 16.6. The topological polar surface area (TPSA) is 42.4 Å². The molecule has 1 unspecified atom stereocenters. The molecule has 3 heterocycles. The minimum atomic E-state index is 0.216. The van der Waals surface area contributed by atoms with Crippen molar-refractivity contribution in [2.75, 3.05) is 18.8 Å². The van der Waals surface area contributed by atoms with Crippen LogP contribution in [0.5, 0.6) is 5.75 Å². The molecule has 2 aliphatic rings. The lowest BCUT2D eigenvalue weighted by molar-refractivity contribution is -0.133. The molecule has 1 atom stereocenters. The van der Waals surface area contributed by atoms with Crippen LogP contribution in [0.1, 0.15) is 44.9 Å². The van der Waals surface area contributed by atoms with Crippen LogP contribution in [-0.2, 0) is 4.79 Å². The third-order valence-electron chi connectivity index (χ3n) is 4.64. The number of amides is 1. The molecule has 0 radical (unpaired) electrons. The number of piperidine rings is 1. The van der Waals surface area contributed by atoms with Crippen molar-refractivity contribution in [3.63, 3.8) is 0 Å². The van der Waals surface area contributed by atoms with Crippen molar-refractivity contribution in [1.82, 2.24) is 9.88 Å². The molecular weight excluding hydrogens is 340 g/mol. The molecule has 132 valence electrons. The van der Waals surface area contributed by atoms with Gasteiger partial charge in [0.25, 0.3) is 0 Å². The minimum Gasteiger partial charge on any atom is -0.490 e. The normalized spacial score (nSPS) is 21.8. The largest absolute Gasteiger partial charge is 0.490 e. The van der Waals surface area contributed by atoms with E-state index in [0.717, 1.165) is 43.4 Å². The molecule has 2 aliphatic heterocycles. The Morgan fingerprint density at radius 2 is 2.00 bits per heavy atom. The number of ether oxygens (including phenoxy) is 1. The molecule has 24 heavy (non-hydrogen) atoms. The molecule has 2 saturated heterocycles. The highest BCUT2D eigenvalue weighted by Crippen LogP contribution is 2.39. The van der Waals surface area contributed by atoms with Crippen LogP contribution in [-0.4, -0.2) is 46.0 Å². The van der Waals surface area contributed by atoms with Crippen molar-refractivity contribution in [3.8, 4) is 5.75 Å². The average molecular weight is 367 g/mol. The SMILES string of the molecule is O=C(CCCCC1CCSS1)N1CCC(Oc2ccncc2)CC1. The smallest absolute Gasteiger partial charge is 0.222 e. The van der Waals surface area contributed by atoms with E-state index in [-0.39, 0.29) is 6.10 Å². The number of pyridine rings is 1. The zero-order valence-corrected chi connectivity index (χ0v) is 15.7. The zero-order valence-electron chi connectivity index (χ0n) is 14.1. The van der Waals surface area contributed by atoms with Crippen molar-refractivity contribution < 1.29 is 9.53 Å². The van der Waals surface area contributed by atoms with Crippen molar-refractivity contribution in [2.24, 2.45) is 0 Å². The first-order valence-electron chi connectivity index (χ1n) is 8.94. The second-order valence-corrected chi connectivity index (χ2v) is 9.24. The number of rotatable bonds is 7. The van der Waals surface area contributed by atoms with Crippen LogP contribution >= 0.6 is 21.6 Å². The van der Waals surface area contributed by atoms with Gasteiger partial charge in [0.05, 0.1) is 0 Å². The third-order valence-corrected chi connectivity index (χ3v) is 7.65. The van der Waals surface area contributed by atoms with E-state index in [9.17, 15) is 4.79 Å². The van der Waals surface area contributed by atoms with Crippen LogP contribution in [0.15, 0.2) is 24.5 Å². The van der Waals surface area contributed by atoms with E-state index < -0.39 is 0 Å². The van der Waals surface area contributed by atoms with Crippen LogP contribution in [0, 0.1) is 0 Å². The number of carbonyl (C=O) groups excluding carboxylic acids is 1. The van der Waals surface area contributed by atoms with Gasteiger partial charge in [0.1, 0.15) is 11.9 Å². The first-order valence-corrected chi connectivity index (χ1v) is 11.3. The van der Waals surface area contributed by atoms with Gasteiger partial charge in [-0.2, -0.15) is 0 Å². The maximum atomic E-state index is 12.3. The number of hydrogen-bond acceptors (Lipinski definition) is 5. The summed E-state index contributed by atoms with van der Waals surface area (Å²) in [5, 5.41) is 0.825. The predicted molar refractivity (Wildman–Crippen MR) is 101 cm³/mol. The lowest BCUT2D eigenvalue weighted by Gasteiger charge is -2.32. The summed E-state index contributed by atoms with van der Waals surface area (Å²) in [5.41, 5.74) is 0. The Morgan fingerprint density at radius 1 is 1.21 bits per heavy atom. The van der Waals surface area contributed by atoms with Crippen LogP contribution in [0.4, 0.5) is 0 Å². The predicted octanol–water partition coefficient (Wildman–Crippen LogP) is 4.17. The fraction of sp³-hybridized carbons (Fsp3) is 0.667. The molecule has 0 N–H and O–H groups in total. The molecule has 1 aromatic rings. The van der Waals surface area contributed by atoms with E-state index in [1.807, 2.05) is 38.6 Å². The Hall–Kier alpha value is -0.880. The van der Waals surface area contributed by atoms with E-state index in [4.69, 9.17) is 4.74 Å². The van der Waals surface area contributed by atoms with E-state index in [1.54, 1.807) is 12.4 Å². The van der Waals surface area contributed by atoms with Gasteiger partial charge in [0.2, 0.25) is 5.91 Å². The van der Waals surface area contributed by atoms with Gasteiger partial charge in [-0.05, 0) is 31.4 Å². The highest BCUT2D eigenvalue weighted by atomic mass is 33.1. The van der Waals surface area contributed by atoms with Crippen LogP contribution < -0.4 is 4.74 Å². The minimum absolute atomic E-state index is 0.216. The molecule has 0 saturated carbocycles. The molecule has 0 aromatic carbocycles. The molecule has 0 aliphatic carbocycles. The molecule has 1 amide bonds. The quantitative estimate of drug-likeness (QED) is 0.535.